The van der Waals surface area contributed by atoms with Gasteiger partial charge in [-0.05, 0) is 63.3 Å². The minimum Gasteiger partial charge on any atom is -0.282 e. The van der Waals surface area contributed by atoms with Crippen molar-refractivity contribution in [3.63, 3.8) is 0 Å². The number of aliphatic imine (C=N–C) groups is 1. The van der Waals surface area contributed by atoms with Crippen LogP contribution in [0.4, 0.5) is 0 Å². The molecule has 2 aliphatic rings. The summed E-state index contributed by atoms with van der Waals surface area (Å²) < 4.78 is 0. The highest BCUT2D eigenvalue weighted by atomic mass is 14.9. The molecule has 0 spiro atoms. The van der Waals surface area contributed by atoms with Crippen molar-refractivity contribution in [3.8, 4) is 22.5 Å². The molecule has 3 aromatic carbocycles. The maximum absolute atomic E-state index is 5.00. The molecule has 0 radical (unpaired) electrons. The van der Waals surface area contributed by atoms with E-state index < -0.39 is 0 Å². The van der Waals surface area contributed by atoms with Crippen LogP contribution in [0.5, 0.6) is 0 Å². The zero-order valence-corrected chi connectivity index (χ0v) is 27.7. The number of allylic oxidation sites excluding steroid dienone is 9. The monoisotopic (exact) mass is 644 g/mol. The molecule has 0 N–H and O–H groups in total. The third-order valence-corrected chi connectivity index (χ3v) is 8.78. The number of aromatic nitrogens is 3. The number of fused-ring (bicyclic) bond motifs is 3. The van der Waals surface area contributed by atoms with Crippen LogP contribution in [0.1, 0.15) is 39.9 Å². The quantitative estimate of drug-likeness (QED) is 0.142. The molecule has 0 fully saturated rings. The van der Waals surface area contributed by atoms with Gasteiger partial charge in [0.05, 0.1) is 22.8 Å². The average Bonchev–Trinajstić information content (AvgIpc) is 3.18. The standard InChI is InChI=1S/C46H36N4/c1-4-34(35-13-7-5-8-14-35)17-11-19-41-31-43(50-46(48-41)40-26-22-37(23-27-40)36-15-9-6-10-16-36)33(3)21-20-32(2)42-29-28-39-25-24-38-18-12-30-47-44(38)45(39)49-42/h4-31,38,44H,1-3H2/b19-11+,21-20-,34-17+. The fourth-order valence-corrected chi connectivity index (χ4v) is 6.03. The van der Waals surface area contributed by atoms with E-state index in [-0.39, 0.29) is 12.0 Å². The van der Waals surface area contributed by atoms with Crippen molar-refractivity contribution >= 4 is 35.1 Å². The fourth-order valence-electron chi connectivity index (χ4n) is 6.03. The molecule has 50 heavy (non-hydrogen) atoms. The third kappa shape index (κ3) is 7.15. The van der Waals surface area contributed by atoms with Gasteiger partial charge in [-0.25, -0.2) is 15.0 Å². The Morgan fingerprint density at radius 2 is 1.38 bits per heavy atom. The predicted molar refractivity (Wildman–Crippen MR) is 211 cm³/mol. The molecule has 4 nitrogen and oxygen atoms in total. The van der Waals surface area contributed by atoms with Gasteiger partial charge in [-0.15, -0.1) is 0 Å². The van der Waals surface area contributed by atoms with E-state index in [2.05, 4.69) is 92.6 Å². The second kappa shape index (κ2) is 14.7. The summed E-state index contributed by atoms with van der Waals surface area (Å²) in [6.07, 6.45) is 22.1. The first-order chi connectivity index (χ1) is 24.6. The molecule has 1 aliphatic carbocycles. The zero-order valence-electron chi connectivity index (χ0n) is 27.7. The molecular weight excluding hydrogens is 609 g/mol. The zero-order chi connectivity index (χ0) is 34.3. The number of rotatable bonds is 10. The van der Waals surface area contributed by atoms with Gasteiger partial charge in [0.2, 0.25) is 0 Å². The molecule has 1 aliphatic heterocycles. The summed E-state index contributed by atoms with van der Waals surface area (Å²) in [7, 11) is 0. The van der Waals surface area contributed by atoms with Crippen molar-refractivity contribution in [2.75, 3.05) is 0 Å². The first-order valence-corrected chi connectivity index (χ1v) is 16.6. The summed E-state index contributed by atoms with van der Waals surface area (Å²) in [6, 6.07) is 34.9. The number of pyridine rings is 1. The maximum atomic E-state index is 5.00. The minimum atomic E-state index is -0.00975. The smallest absolute Gasteiger partial charge is 0.160 e. The molecule has 4 heteroatoms. The lowest BCUT2D eigenvalue weighted by Crippen LogP contribution is -2.16. The molecule has 2 atom stereocenters. The summed E-state index contributed by atoms with van der Waals surface area (Å²) >= 11 is 0. The van der Waals surface area contributed by atoms with E-state index in [1.165, 1.54) is 0 Å². The molecule has 5 aromatic rings. The Balaban J connectivity index is 1.18. The number of hydrogen-bond acceptors (Lipinski definition) is 4. The van der Waals surface area contributed by atoms with E-state index in [1.54, 1.807) is 0 Å². The van der Waals surface area contributed by atoms with Gasteiger partial charge in [-0.3, -0.25) is 4.99 Å². The van der Waals surface area contributed by atoms with Gasteiger partial charge in [0.25, 0.3) is 0 Å². The van der Waals surface area contributed by atoms with Crippen molar-refractivity contribution in [2.45, 2.75) is 6.04 Å². The lowest BCUT2D eigenvalue weighted by Gasteiger charge is -2.25. The molecule has 2 aromatic heterocycles. The topological polar surface area (TPSA) is 51.0 Å². The Labute approximate surface area is 294 Å². The Hall–Kier alpha value is -6.52. The SMILES string of the molecule is C=C/C(=C\C=C\c1cc(C(=C)/C=C\C(=C)c2ccc3c(n2)C2N=CC=CC2C=C3)nc(-c2ccc(-c3ccccc3)cc2)n1)c1ccccc1. The Morgan fingerprint density at radius 1 is 0.680 bits per heavy atom. The van der Waals surface area contributed by atoms with Crippen LogP contribution in [0.3, 0.4) is 0 Å². The lowest BCUT2D eigenvalue weighted by atomic mass is 9.87. The number of dihydropyridines is 1. The number of nitrogens with zero attached hydrogens (tertiary/aromatic N) is 4. The van der Waals surface area contributed by atoms with Gasteiger partial charge in [-0.1, -0.05) is 159 Å². The van der Waals surface area contributed by atoms with E-state index in [1.807, 2.05) is 97.3 Å². The van der Waals surface area contributed by atoms with E-state index in [0.717, 1.165) is 67.3 Å². The second-order valence-corrected chi connectivity index (χ2v) is 12.1. The molecule has 0 amide bonds. The van der Waals surface area contributed by atoms with Gasteiger partial charge in [-0.2, -0.15) is 0 Å². The van der Waals surface area contributed by atoms with Crippen LogP contribution >= 0.6 is 0 Å². The van der Waals surface area contributed by atoms with Gasteiger partial charge >= 0.3 is 0 Å². The largest absolute Gasteiger partial charge is 0.282 e. The molecule has 7 rings (SSSR count). The van der Waals surface area contributed by atoms with Gasteiger partial charge in [0.1, 0.15) is 6.04 Å². The van der Waals surface area contributed by atoms with Gasteiger partial charge in [0, 0.05) is 17.7 Å². The van der Waals surface area contributed by atoms with E-state index in [4.69, 9.17) is 19.9 Å². The highest BCUT2D eigenvalue weighted by Gasteiger charge is 2.26. The summed E-state index contributed by atoms with van der Waals surface area (Å²) in [6.45, 7) is 12.7. The maximum Gasteiger partial charge on any atom is 0.160 e. The summed E-state index contributed by atoms with van der Waals surface area (Å²) in [5, 5.41) is 0. The minimum absolute atomic E-state index is 0.00975. The average molecular weight is 645 g/mol. The predicted octanol–water partition coefficient (Wildman–Crippen LogP) is 11.1. The van der Waals surface area contributed by atoms with E-state index >= 15 is 0 Å². The van der Waals surface area contributed by atoms with Crippen LogP contribution in [-0.4, -0.2) is 21.2 Å². The summed E-state index contributed by atoms with van der Waals surface area (Å²) in [5.74, 6) is 0.841. The second-order valence-electron chi connectivity index (χ2n) is 12.1. The van der Waals surface area contributed by atoms with Crippen LogP contribution < -0.4 is 0 Å². The first-order valence-electron chi connectivity index (χ1n) is 16.6. The van der Waals surface area contributed by atoms with Crippen molar-refractivity contribution in [3.05, 3.63) is 205 Å². The normalized spacial score (nSPS) is 16.4. The molecule has 0 bridgehead atoms. The molecule has 0 saturated heterocycles. The van der Waals surface area contributed by atoms with Gasteiger partial charge in [0.15, 0.2) is 5.82 Å². The number of benzene rings is 3. The first kappa shape index (κ1) is 32.0. The van der Waals surface area contributed by atoms with Crippen LogP contribution in [0.2, 0.25) is 0 Å². The van der Waals surface area contributed by atoms with Gasteiger partial charge < -0.3 is 0 Å². The molecule has 2 unspecified atom stereocenters. The van der Waals surface area contributed by atoms with Crippen LogP contribution in [0, 0.1) is 5.92 Å². The molecule has 240 valence electrons. The molecular formula is C46H36N4. The lowest BCUT2D eigenvalue weighted by molar-refractivity contribution is 0.593. The summed E-state index contributed by atoms with van der Waals surface area (Å²) in [4.78, 5) is 19.6. The fraction of sp³-hybridized carbons (Fsp3) is 0.0435. The highest BCUT2D eigenvalue weighted by molar-refractivity contribution is 5.80. The van der Waals surface area contributed by atoms with Crippen molar-refractivity contribution in [1.29, 1.82) is 0 Å². The van der Waals surface area contributed by atoms with Crippen molar-refractivity contribution in [2.24, 2.45) is 10.9 Å². The Bertz CT molecular complexity index is 2250. The van der Waals surface area contributed by atoms with Crippen LogP contribution in [0.25, 0.3) is 51.4 Å². The molecule has 3 heterocycles. The Morgan fingerprint density at radius 3 is 2.14 bits per heavy atom. The van der Waals surface area contributed by atoms with Crippen LogP contribution in [-0.2, 0) is 0 Å². The number of hydrogen-bond donors (Lipinski definition) is 0. The van der Waals surface area contributed by atoms with Crippen molar-refractivity contribution < 1.29 is 0 Å². The van der Waals surface area contributed by atoms with E-state index in [9.17, 15) is 0 Å². The Kier molecular flexibility index (Phi) is 9.43. The van der Waals surface area contributed by atoms with E-state index in [0.29, 0.717) is 5.82 Å². The third-order valence-electron chi connectivity index (χ3n) is 8.78. The summed E-state index contributed by atoms with van der Waals surface area (Å²) in [5.41, 5.74) is 11.2. The van der Waals surface area contributed by atoms with Crippen molar-refractivity contribution in [1.82, 2.24) is 15.0 Å². The van der Waals surface area contributed by atoms with Crippen LogP contribution in [0.15, 0.2) is 176 Å². The highest BCUT2D eigenvalue weighted by Crippen LogP contribution is 2.37. The molecule has 0 saturated carbocycles.